The van der Waals surface area contributed by atoms with Crippen molar-refractivity contribution < 1.29 is 9.47 Å². The van der Waals surface area contributed by atoms with Crippen LogP contribution < -0.4 is 15.2 Å². The van der Waals surface area contributed by atoms with Crippen molar-refractivity contribution in [2.24, 2.45) is 0 Å². The molecule has 0 fully saturated rings. The fourth-order valence-electron chi connectivity index (χ4n) is 1.93. The summed E-state index contributed by atoms with van der Waals surface area (Å²) >= 11 is 3.51. The Hall–Kier alpha value is -1.69. The predicted molar refractivity (Wildman–Crippen MR) is 78.3 cm³/mol. The topological polar surface area (TPSA) is 62.3 Å². The van der Waals surface area contributed by atoms with Crippen LogP contribution in [-0.2, 0) is 0 Å². The van der Waals surface area contributed by atoms with E-state index < -0.39 is 0 Å². The van der Waals surface area contributed by atoms with Gasteiger partial charge < -0.3 is 15.2 Å². The van der Waals surface area contributed by atoms with Crippen molar-refractivity contribution in [3.05, 3.63) is 28.0 Å². The van der Waals surface area contributed by atoms with Gasteiger partial charge in [0, 0.05) is 12.1 Å². The van der Waals surface area contributed by atoms with Gasteiger partial charge in [-0.25, -0.2) is 4.68 Å². The summed E-state index contributed by atoms with van der Waals surface area (Å²) in [6, 6.07) is 3.55. The van der Waals surface area contributed by atoms with E-state index in [9.17, 15) is 0 Å². The summed E-state index contributed by atoms with van der Waals surface area (Å²) in [5.74, 6) is 1.22. The van der Waals surface area contributed by atoms with Gasteiger partial charge in [0.15, 0.2) is 11.5 Å². The van der Waals surface area contributed by atoms with Gasteiger partial charge in [-0.2, -0.15) is 5.10 Å². The quantitative estimate of drug-likeness (QED) is 0.881. The Balaban J connectivity index is 2.65. The van der Waals surface area contributed by atoms with Gasteiger partial charge in [-0.3, -0.25) is 0 Å². The van der Waals surface area contributed by atoms with E-state index in [1.165, 1.54) is 0 Å². The molecule has 6 heteroatoms. The number of aryl methyl sites for hydroxylation is 1. The number of hydrogen-bond donors (Lipinski definition) is 1. The second kappa shape index (κ2) is 5.13. The zero-order valence-corrected chi connectivity index (χ0v) is 12.9. The van der Waals surface area contributed by atoms with E-state index in [-0.39, 0.29) is 0 Å². The molecule has 0 aliphatic rings. The molecular formula is C13H16BrN3O2. The highest BCUT2D eigenvalue weighted by atomic mass is 79.9. The molecular weight excluding hydrogens is 310 g/mol. The number of nitrogens with zero attached hydrogens (tertiary/aromatic N) is 2. The number of rotatable bonds is 3. The maximum absolute atomic E-state index is 6.07. The first-order valence-electron chi connectivity index (χ1n) is 5.73. The number of nitrogen functional groups attached to an aromatic ring is 1. The summed E-state index contributed by atoms with van der Waals surface area (Å²) in [5, 5.41) is 4.47. The van der Waals surface area contributed by atoms with Gasteiger partial charge in [-0.05, 0) is 29.8 Å². The molecule has 19 heavy (non-hydrogen) atoms. The summed E-state index contributed by atoms with van der Waals surface area (Å²) in [4.78, 5) is 0. The monoisotopic (exact) mass is 325 g/mol. The van der Waals surface area contributed by atoms with Gasteiger partial charge in [0.05, 0.1) is 41.5 Å². The molecule has 0 aliphatic heterocycles. The van der Waals surface area contributed by atoms with Crippen LogP contribution in [0.25, 0.3) is 5.69 Å². The van der Waals surface area contributed by atoms with Crippen LogP contribution in [0.3, 0.4) is 0 Å². The third-order valence-corrected chi connectivity index (χ3v) is 4.11. The molecule has 2 N–H and O–H groups in total. The van der Waals surface area contributed by atoms with Gasteiger partial charge in [0.25, 0.3) is 0 Å². The molecule has 0 radical (unpaired) electrons. The van der Waals surface area contributed by atoms with Crippen molar-refractivity contribution in [2.75, 3.05) is 20.0 Å². The molecule has 2 rings (SSSR count). The van der Waals surface area contributed by atoms with E-state index in [0.717, 1.165) is 21.5 Å². The molecule has 1 aromatic carbocycles. The second-order valence-electron chi connectivity index (χ2n) is 4.16. The maximum atomic E-state index is 6.07. The minimum absolute atomic E-state index is 0.579. The number of ether oxygens (including phenoxy) is 2. The van der Waals surface area contributed by atoms with Gasteiger partial charge in [-0.15, -0.1) is 0 Å². The molecule has 0 amide bonds. The van der Waals surface area contributed by atoms with Gasteiger partial charge in [-0.1, -0.05) is 0 Å². The molecule has 1 heterocycles. The molecule has 0 spiro atoms. The number of anilines is 1. The summed E-state index contributed by atoms with van der Waals surface area (Å²) in [7, 11) is 3.17. The van der Waals surface area contributed by atoms with Crippen molar-refractivity contribution in [3.63, 3.8) is 0 Å². The fourth-order valence-corrected chi connectivity index (χ4v) is 2.17. The molecule has 0 atom stereocenters. The Bertz CT molecular complexity index is 623. The molecule has 102 valence electrons. The Morgan fingerprint density at radius 3 is 2.21 bits per heavy atom. The molecule has 0 unspecified atom stereocenters. The van der Waals surface area contributed by atoms with E-state index in [0.29, 0.717) is 17.2 Å². The normalized spacial score (nSPS) is 10.6. The van der Waals surface area contributed by atoms with Crippen molar-refractivity contribution in [3.8, 4) is 17.2 Å². The predicted octanol–water partition coefficient (Wildman–Crippen LogP) is 2.85. The van der Waals surface area contributed by atoms with Crippen LogP contribution >= 0.6 is 15.9 Å². The lowest BCUT2D eigenvalue weighted by molar-refractivity contribution is 0.355. The Labute approximate surface area is 120 Å². The van der Waals surface area contributed by atoms with Gasteiger partial charge >= 0.3 is 0 Å². The van der Waals surface area contributed by atoms with Crippen molar-refractivity contribution in [1.29, 1.82) is 0 Å². The van der Waals surface area contributed by atoms with E-state index in [1.54, 1.807) is 25.0 Å². The van der Waals surface area contributed by atoms with Crippen LogP contribution in [0.2, 0.25) is 0 Å². The van der Waals surface area contributed by atoms with E-state index in [4.69, 9.17) is 15.2 Å². The maximum Gasteiger partial charge on any atom is 0.163 e. The lowest BCUT2D eigenvalue weighted by atomic mass is 10.2. The summed E-state index contributed by atoms with van der Waals surface area (Å²) in [6.07, 6.45) is 0. The summed E-state index contributed by atoms with van der Waals surface area (Å²) in [5.41, 5.74) is 9.31. The molecule has 0 bridgehead atoms. The molecule has 0 saturated carbocycles. The molecule has 1 aromatic heterocycles. The molecule has 5 nitrogen and oxygen atoms in total. The van der Waals surface area contributed by atoms with Crippen LogP contribution in [0.15, 0.2) is 16.6 Å². The standard InChI is InChI=1S/C13H16BrN3O2/c1-7-13(14)8(2)17(16-7)10-6-12(19-4)11(18-3)5-9(10)15/h5-6H,15H2,1-4H3. The van der Waals surface area contributed by atoms with Gasteiger partial charge in [0.1, 0.15) is 0 Å². The number of halogens is 1. The number of nitrogens with two attached hydrogens (primary N) is 1. The number of aromatic nitrogens is 2. The van der Waals surface area contributed by atoms with Crippen molar-refractivity contribution in [1.82, 2.24) is 9.78 Å². The summed E-state index contributed by atoms with van der Waals surface area (Å²) in [6.45, 7) is 3.91. The fraction of sp³-hybridized carbons (Fsp3) is 0.308. The van der Waals surface area contributed by atoms with Crippen LogP contribution in [0.1, 0.15) is 11.4 Å². The highest BCUT2D eigenvalue weighted by molar-refractivity contribution is 9.10. The highest BCUT2D eigenvalue weighted by Crippen LogP contribution is 2.35. The Morgan fingerprint density at radius 1 is 1.16 bits per heavy atom. The van der Waals surface area contributed by atoms with Crippen LogP contribution in [0.4, 0.5) is 5.69 Å². The Kier molecular flexibility index (Phi) is 3.71. The van der Waals surface area contributed by atoms with Crippen LogP contribution in [-0.4, -0.2) is 24.0 Å². The minimum atomic E-state index is 0.579. The van der Waals surface area contributed by atoms with E-state index in [1.807, 2.05) is 19.9 Å². The van der Waals surface area contributed by atoms with E-state index >= 15 is 0 Å². The molecule has 0 saturated heterocycles. The third-order valence-electron chi connectivity index (χ3n) is 2.96. The smallest absolute Gasteiger partial charge is 0.163 e. The highest BCUT2D eigenvalue weighted by Gasteiger charge is 2.15. The Morgan fingerprint density at radius 2 is 1.74 bits per heavy atom. The van der Waals surface area contributed by atoms with Gasteiger partial charge in [0.2, 0.25) is 0 Å². The summed E-state index contributed by atoms with van der Waals surface area (Å²) < 4.78 is 13.3. The first-order chi connectivity index (χ1) is 8.99. The first kappa shape index (κ1) is 13.7. The molecule has 2 aromatic rings. The minimum Gasteiger partial charge on any atom is -0.493 e. The lowest BCUT2D eigenvalue weighted by Gasteiger charge is -2.13. The average Bonchev–Trinajstić information content (AvgIpc) is 2.66. The van der Waals surface area contributed by atoms with Crippen molar-refractivity contribution in [2.45, 2.75) is 13.8 Å². The largest absolute Gasteiger partial charge is 0.493 e. The van der Waals surface area contributed by atoms with E-state index in [2.05, 4.69) is 21.0 Å². The number of hydrogen-bond acceptors (Lipinski definition) is 4. The zero-order valence-electron chi connectivity index (χ0n) is 11.3. The third kappa shape index (κ3) is 2.28. The number of benzene rings is 1. The zero-order chi connectivity index (χ0) is 14.2. The average molecular weight is 326 g/mol. The van der Waals surface area contributed by atoms with Crippen LogP contribution in [0, 0.1) is 13.8 Å². The first-order valence-corrected chi connectivity index (χ1v) is 6.52. The molecule has 0 aliphatic carbocycles. The second-order valence-corrected chi connectivity index (χ2v) is 4.96. The van der Waals surface area contributed by atoms with Crippen LogP contribution in [0.5, 0.6) is 11.5 Å². The van der Waals surface area contributed by atoms with Crippen molar-refractivity contribution >= 4 is 21.6 Å². The number of methoxy groups -OCH3 is 2. The SMILES string of the molecule is COc1cc(N)c(-n2nc(C)c(Br)c2C)cc1OC. The lowest BCUT2D eigenvalue weighted by Crippen LogP contribution is -2.05.